The minimum absolute atomic E-state index is 0.795. The maximum atomic E-state index is 4.93. The summed E-state index contributed by atoms with van der Waals surface area (Å²) in [6, 6.07) is 75.8. The summed E-state index contributed by atoms with van der Waals surface area (Å²) in [6.07, 6.45) is 7.33. The van der Waals surface area contributed by atoms with E-state index in [0.717, 1.165) is 9.52 Å². The summed E-state index contributed by atoms with van der Waals surface area (Å²) in [7, 11) is 10.7. The second kappa shape index (κ2) is 24.3. The first kappa shape index (κ1) is 49.1. The Morgan fingerprint density at radius 1 is 0.471 bits per heavy atom. The Labute approximate surface area is 426 Å². The molecular formula is C64H57Cl2SiZr-3. The van der Waals surface area contributed by atoms with E-state index in [4.69, 9.17) is 17.0 Å². The van der Waals surface area contributed by atoms with E-state index in [1.165, 1.54) is 148 Å². The van der Waals surface area contributed by atoms with Gasteiger partial charge in [-0.15, -0.1) is 74.6 Å². The van der Waals surface area contributed by atoms with Gasteiger partial charge in [-0.3, -0.25) is 0 Å². The molecule has 1 aliphatic heterocycles. The summed E-state index contributed by atoms with van der Waals surface area (Å²) in [6.45, 7) is 8.98. The Hall–Kier alpha value is -5.34. The molecular weight excluding hydrogens is 959 g/mol. The van der Waals surface area contributed by atoms with Gasteiger partial charge in [-0.25, -0.2) is 0 Å². The molecule has 0 spiro atoms. The first-order valence-corrected chi connectivity index (χ1v) is 31.3. The van der Waals surface area contributed by atoms with Crippen LogP contribution in [0.2, 0.25) is 0 Å². The summed E-state index contributed by atoms with van der Waals surface area (Å²) in [5, 5.41) is 8.32. The third kappa shape index (κ3) is 11.6. The second-order valence-corrected chi connectivity index (χ2v) is 22.5. The van der Waals surface area contributed by atoms with Crippen LogP contribution in [0.3, 0.4) is 0 Å². The first-order chi connectivity index (χ1) is 33.4. The number of fused-ring (bicyclic) bond motifs is 5. The molecule has 10 aromatic carbocycles. The van der Waals surface area contributed by atoms with Crippen molar-refractivity contribution in [3.63, 3.8) is 0 Å². The fourth-order valence-corrected chi connectivity index (χ4v) is 10.8. The van der Waals surface area contributed by atoms with Crippen molar-refractivity contribution in [2.24, 2.45) is 0 Å². The van der Waals surface area contributed by atoms with Crippen LogP contribution in [-0.2, 0) is 33.7 Å². The van der Waals surface area contributed by atoms with Crippen molar-refractivity contribution in [1.82, 2.24) is 0 Å². The molecule has 11 rings (SSSR count). The van der Waals surface area contributed by atoms with Crippen molar-refractivity contribution in [2.45, 2.75) is 66.2 Å². The van der Waals surface area contributed by atoms with Gasteiger partial charge in [0.05, 0.1) is 9.52 Å². The molecule has 4 heteroatoms. The van der Waals surface area contributed by atoms with Crippen LogP contribution in [0.1, 0.15) is 61.8 Å². The van der Waals surface area contributed by atoms with Crippen LogP contribution in [0.5, 0.6) is 0 Å². The van der Waals surface area contributed by atoms with Crippen molar-refractivity contribution in [3.8, 4) is 55.6 Å². The molecule has 0 aromatic heterocycles. The molecule has 0 bridgehead atoms. The number of aryl methyl sites for hydroxylation is 4. The van der Waals surface area contributed by atoms with E-state index in [1.807, 2.05) is 6.07 Å². The normalized spacial score (nSPS) is 11.1. The molecule has 0 aliphatic carbocycles. The van der Waals surface area contributed by atoms with Gasteiger partial charge in [0.2, 0.25) is 0 Å². The maximum Gasteiger partial charge on any atom is 0.0920 e. The third-order valence-electron chi connectivity index (χ3n) is 12.8. The Morgan fingerprint density at radius 3 is 1.35 bits per heavy atom. The van der Waals surface area contributed by atoms with Crippen LogP contribution in [0, 0.1) is 19.9 Å². The van der Waals surface area contributed by atoms with E-state index >= 15 is 0 Å². The minimum atomic E-state index is -0.826. The monoisotopic (exact) mass is 1010 g/mol. The molecule has 10 aromatic rings. The maximum absolute atomic E-state index is 4.93. The Morgan fingerprint density at radius 2 is 0.882 bits per heavy atom. The number of benzene rings is 8. The van der Waals surface area contributed by atoms with E-state index in [0.29, 0.717) is 0 Å². The fourth-order valence-electron chi connectivity index (χ4n) is 9.54. The van der Waals surface area contributed by atoms with Gasteiger partial charge in [0, 0.05) is 0 Å². The average molecular weight is 1020 g/mol. The van der Waals surface area contributed by atoms with Gasteiger partial charge >= 0.3 is 37.9 Å². The van der Waals surface area contributed by atoms with Crippen molar-refractivity contribution >= 4 is 58.5 Å². The summed E-state index contributed by atoms with van der Waals surface area (Å²) in [4.78, 5) is 0. The van der Waals surface area contributed by atoms with Gasteiger partial charge in [0.15, 0.2) is 0 Å². The largest absolute Gasteiger partial charge is 0.184 e. The van der Waals surface area contributed by atoms with Crippen LogP contribution in [0.25, 0.3) is 77.2 Å². The molecule has 0 fully saturated rings. The number of halogens is 2. The van der Waals surface area contributed by atoms with E-state index in [-0.39, 0.29) is 0 Å². The second-order valence-electron chi connectivity index (χ2n) is 17.5. The van der Waals surface area contributed by atoms with Crippen LogP contribution >= 0.6 is 17.0 Å². The number of hydrogen-bond acceptors (Lipinski definition) is 0. The van der Waals surface area contributed by atoms with Gasteiger partial charge in [-0.2, -0.15) is 41.6 Å². The summed E-state index contributed by atoms with van der Waals surface area (Å²) >= 11 is -0.826. The van der Waals surface area contributed by atoms with Gasteiger partial charge in [-0.1, -0.05) is 206 Å². The molecule has 1 aliphatic rings. The Kier molecular flexibility index (Phi) is 17.5. The van der Waals surface area contributed by atoms with Gasteiger partial charge in [0.1, 0.15) is 0 Å². The zero-order valence-corrected chi connectivity index (χ0v) is 44.5. The quantitative estimate of drug-likeness (QED) is 0.0946. The van der Waals surface area contributed by atoms with Gasteiger partial charge < -0.3 is 0 Å². The molecule has 1 heterocycles. The SMILES string of the molecule is CCCCc1cc2c(-c3ccccc3-c3ccccc3)c(C)ccc2[cH-]1.CCCCc1cc2c(-c3ccccc3-c3ccccc3)c(C)ccc2[cH-]1.[Cl][Zr][Cl].[c-]1cccc2c1[Si]c1ccccc1-2. The molecule has 0 unspecified atom stereocenters. The molecule has 68 heavy (non-hydrogen) atoms. The predicted octanol–water partition coefficient (Wildman–Crippen LogP) is 17.6. The first-order valence-electron chi connectivity index (χ1n) is 23.9. The summed E-state index contributed by atoms with van der Waals surface area (Å²) in [5.41, 5.74) is 19.0. The molecule has 2 radical (unpaired) electrons. The van der Waals surface area contributed by atoms with Crippen molar-refractivity contribution in [2.75, 3.05) is 0 Å². The van der Waals surface area contributed by atoms with Crippen molar-refractivity contribution in [1.29, 1.82) is 0 Å². The number of hydrogen-bond donors (Lipinski definition) is 0. The molecule has 0 amide bonds. The smallest absolute Gasteiger partial charge is 0.0920 e. The molecule has 0 N–H and O–H groups in total. The topological polar surface area (TPSA) is 0 Å². The van der Waals surface area contributed by atoms with Crippen LogP contribution in [0.4, 0.5) is 0 Å². The standard InChI is InChI=1S/2C26H25.C12H7Si.2ClH.Zr/c2*1-3-4-10-20-17-22-16-15-19(2)26(25(22)18-20)24-14-9-8-13-23(24)21-11-6-5-7-12-21;1-3-7-11-9(5-1)10-6-2-4-8-12(10)13-11;;;/h2*5-9,11-18H,3-4,10H2,1-2H3;1-7H;2*1H;/q3*-1;;;+2/p-2. The van der Waals surface area contributed by atoms with E-state index in [1.54, 1.807) is 0 Å². The summed E-state index contributed by atoms with van der Waals surface area (Å²) < 4.78 is 0. The van der Waals surface area contributed by atoms with E-state index in [9.17, 15) is 0 Å². The molecule has 0 saturated heterocycles. The predicted molar refractivity (Wildman–Crippen MR) is 295 cm³/mol. The third-order valence-corrected chi connectivity index (χ3v) is 14.2. The van der Waals surface area contributed by atoms with Crippen LogP contribution in [-0.4, -0.2) is 9.52 Å². The fraction of sp³-hybridized carbons (Fsp3) is 0.156. The van der Waals surface area contributed by atoms with Crippen LogP contribution in [0.15, 0.2) is 200 Å². The van der Waals surface area contributed by atoms with Gasteiger partial charge in [-0.05, 0) is 60.1 Å². The Bertz CT molecular complexity index is 2980. The van der Waals surface area contributed by atoms with E-state index in [2.05, 4.69) is 228 Å². The van der Waals surface area contributed by atoms with Gasteiger partial charge in [0.25, 0.3) is 0 Å². The van der Waals surface area contributed by atoms with E-state index < -0.39 is 20.8 Å². The molecule has 0 atom stereocenters. The minimum Gasteiger partial charge on any atom is -0.184 e. The zero-order valence-electron chi connectivity index (χ0n) is 39.6. The van der Waals surface area contributed by atoms with Crippen LogP contribution < -0.4 is 10.4 Å². The average Bonchev–Trinajstić information content (AvgIpc) is 4.11. The zero-order chi connectivity index (χ0) is 47.2. The molecule has 338 valence electrons. The number of unbranched alkanes of at least 4 members (excludes halogenated alkanes) is 2. The van der Waals surface area contributed by atoms with Crippen molar-refractivity contribution in [3.05, 3.63) is 229 Å². The number of rotatable bonds is 10. The molecule has 0 nitrogen and oxygen atoms in total. The Balaban J connectivity index is 0.000000140. The van der Waals surface area contributed by atoms with Crippen molar-refractivity contribution < 1.29 is 20.8 Å². The molecule has 0 saturated carbocycles. The summed E-state index contributed by atoms with van der Waals surface area (Å²) in [5.74, 6) is 0.